The maximum Gasteiger partial charge on any atom is 0.320 e. The monoisotopic (exact) mass is 233 g/mol. The average molecular weight is 233 g/mol. The zero-order chi connectivity index (χ0) is 12.3. The van der Waals surface area contributed by atoms with Gasteiger partial charge in [-0.25, -0.2) is 0 Å². The molecule has 0 radical (unpaired) electrons. The van der Waals surface area contributed by atoms with Crippen LogP contribution >= 0.6 is 0 Å². The highest BCUT2D eigenvalue weighted by Crippen LogP contribution is 2.17. The first kappa shape index (κ1) is 11.8. The Bertz CT molecular complexity index is 416. The van der Waals surface area contributed by atoms with Crippen molar-refractivity contribution >= 4 is 11.8 Å². The number of carbonyl (C=O) groups is 2. The summed E-state index contributed by atoms with van der Waals surface area (Å²) >= 11 is 0. The van der Waals surface area contributed by atoms with Crippen LogP contribution in [0.2, 0.25) is 0 Å². The van der Waals surface area contributed by atoms with Crippen molar-refractivity contribution in [1.82, 2.24) is 4.90 Å². The predicted molar refractivity (Wildman–Crippen MR) is 63.0 cm³/mol. The van der Waals surface area contributed by atoms with Crippen LogP contribution in [0, 0.1) is 0 Å². The van der Waals surface area contributed by atoms with Gasteiger partial charge in [-0.05, 0) is 19.4 Å². The van der Waals surface area contributed by atoms with Crippen LogP contribution in [0.25, 0.3) is 0 Å². The van der Waals surface area contributed by atoms with Crippen molar-refractivity contribution in [2.45, 2.75) is 18.9 Å². The van der Waals surface area contributed by atoms with Crippen LogP contribution in [0.15, 0.2) is 30.3 Å². The molecule has 1 N–H and O–H groups in total. The van der Waals surface area contributed by atoms with E-state index in [9.17, 15) is 9.59 Å². The second kappa shape index (κ2) is 5.10. The van der Waals surface area contributed by atoms with Crippen molar-refractivity contribution in [3.05, 3.63) is 35.9 Å². The van der Waals surface area contributed by atoms with Crippen molar-refractivity contribution in [3.8, 4) is 0 Å². The van der Waals surface area contributed by atoms with Gasteiger partial charge in [0.2, 0.25) is 0 Å². The lowest BCUT2D eigenvalue weighted by atomic mass is 10.1. The van der Waals surface area contributed by atoms with Crippen molar-refractivity contribution in [3.63, 3.8) is 0 Å². The number of carboxylic acids is 1. The van der Waals surface area contributed by atoms with E-state index in [0.29, 0.717) is 18.5 Å². The molecule has 0 saturated carbocycles. The van der Waals surface area contributed by atoms with E-state index in [1.54, 1.807) is 17.0 Å². The van der Waals surface area contributed by atoms with Crippen LogP contribution in [0.3, 0.4) is 0 Å². The summed E-state index contributed by atoms with van der Waals surface area (Å²) in [5, 5.41) is 9.01. The number of hydrogen-bond donors (Lipinski definition) is 1. The minimum Gasteiger partial charge on any atom is -0.480 e. The molecule has 1 atom stereocenters. The maximum absolute atomic E-state index is 11.9. The van der Waals surface area contributed by atoms with Crippen LogP contribution in [0.1, 0.15) is 23.2 Å². The third-order valence-electron chi connectivity index (χ3n) is 3.09. The summed E-state index contributed by atoms with van der Waals surface area (Å²) in [7, 11) is 0. The molecule has 2 rings (SSSR count). The number of benzene rings is 1. The molecule has 0 unspecified atom stereocenters. The summed E-state index contributed by atoms with van der Waals surface area (Å²) in [6, 6.07) is 8.50. The van der Waals surface area contributed by atoms with E-state index < -0.39 is 12.0 Å². The SMILES string of the molecule is O=C(CN1CCC[C@H]1C(=O)O)c1ccccc1. The van der Waals surface area contributed by atoms with Crippen LogP contribution in [0.4, 0.5) is 0 Å². The first-order chi connectivity index (χ1) is 8.18. The molecule has 1 heterocycles. The van der Waals surface area contributed by atoms with Gasteiger partial charge in [-0.2, -0.15) is 0 Å². The molecule has 1 aliphatic rings. The fraction of sp³-hybridized carbons (Fsp3) is 0.385. The van der Waals surface area contributed by atoms with E-state index in [4.69, 9.17) is 5.11 Å². The fourth-order valence-electron chi connectivity index (χ4n) is 2.19. The van der Waals surface area contributed by atoms with E-state index in [1.807, 2.05) is 18.2 Å². The first-order valence-electron chi connectivity index (χ1n) is 5.73. The van der Waals surface area contributed by atoms with Gasteiger partial charge in [-0.15, -0.1) is 0 Å². The molecule has 4 nitrogen and oxygen atoms in total. The quantitative estimate of drug-likeness (QED) is 0.799. The van der Waals surface area contributed by atoms with Crippen molar-refractivity contribution < 1.29 is 14.7 Å². The van der Waals surface area contributed by atoms with Gasteiger partial charge in [-0.3, -0.25) is 14.5 Å². The normalized spacial score (nSPS) is 20.4. The summed E-state index contributed by atoms with van der Waals surface area (Å²) in [5.41, 5.74) is 0.642. The Kier molecular flexibility index (Phi) is 3.54. The number of nitrogens with zero attached hydrogens (tertiary/aromatic N) is 1. The summed E-state index contributed by atoms with van der Waals surface area (Å²) in [4.78, 5) is 24.7. The Hall–Kier alpha value is -1.68. The van der Waals surface area contributed by atoms with Crippen LogP contribution in [-0.2, 0) is 4.79 Å². The molecular formula is C13H15NO3. The fourth-order valence-corrected chi connectivity index (χ4v) is 2.19. The molecule has 0 bridgehead atoms. The Morgan fingerprint density at radius 3 is 2.65 bits per heavy atom. The Morgan fingerprint density at radius 2 is 2.00 bits per heavy atom. The number of Topliss-reactive ketones (excluding diaryl/α,β-unsaturated/α-hetero) is 1. The van der Waals surface area contributed by atoms with Gasteiger partial charge in [0.1, 0.15) is 6.04 Å². The molecule has 0 aliphatic carbocycles. The van der Waals surface area contributed by atoms with Gasteiger partial charge in [-0.1, -0.05) is 30.3 Å². The second-order valence-corrected chi connectivity index (χ2v) is 4.26. The number of carboxylic acid groups (broad SMARTS) is 1. The number of hydrogen-bond acceptors (Lipinski definition) is 3. The van der Waals surface area contributed by atoms with Gasteiger partial charge in [0.25, 0.3) is 0 Å². The number of aliphatic carboxylic acids is 1. The second-order valence-electron chi connectivity index (χ2n) is 4.26. The lowest BCUT2D eigenvalue weighted by Gasteiger charge is -2.19. The molecule has 4 heteroatoms. The molecule has 1 saturated heterocycles. The third-order valence-corrected chi connectivity index (χ3v) is 3.09. The largest absolute Gasteiger partial charge is 0.480 e. The van der Waals surface area contributed by atoms with Crippen LogP contribution in [0.5, 0.6) is 0 Å². The molecule has 1 aromatic rings. The van der Waals surface area contributed by atoms with Gasteiger partial charge in [0.15, 0.2) is 5.78 Å². The highest BCUT2D eigenvalue weighted by Gasteiger charge is 2.31. The van der Waals surface area contributed by atoms with E-state index in [2.05, 4.69) is 0 Å². The third kappa shape index (κ3) is 2.71. The number of carbonyl (C=O) groups excluding carboxylic acids is 1. The number of rotatable bonds is 4. The molecule has 0 aromatic heterocycles. The molecule has 0 amide bonds. The molecule has 17 heavy (non-hydrogen) atoms. The topological polar surface area (TPSA) is 57.6 Å². The Morgan fingerprint density at radius 1 is 1.29 bits per heavy atom. The maximum atomic E-state index is 11.9. The lowest BCUT2D eigenvalue weighted by molar-refractivity contribution is -0.141. The minimum absolute atomic E-state index is 0.0150. The first-order valence-corrected chi connectivity index (χ1v) is 5.73. The van der Waals surface area contributed by atoms with E-state index in [1.165, 1.54) is 0 Å². The number of likely N-dealkylation sites (tertiary alicyclic amines) is 1. The van der Waals surface area contributed by atoms with Gasteiger partial charge >= 0.3 is 5.97 Å². The van der Waals surface area contributed by atoms with Crippen molar-refractivity contribution in [2.24, 2.45) is 0 Å². The van der Waals surface area contributed by atoms with Crippen LogP contribution < -0.4 is 0 Å². The summed E-state index contributed by atoms with van der Waals surface area (Å²) in [6.07, 6.45) is 1.48. The molecule has 90 valence electrons. The molecular weight excluding hydrogens is 218 g/mol. The van der Waals surface area contributed by atoms with Crippen molar-refractivity contribution in [2.75, 3.05) is 13.1 Å². The highest BCUT2D eigenvalue weighted by molar-refractivity contribution is 5.97. The van der Waals surface area contributed by atoms with E-state index in [-0.39, 0.29) is 12.3 Å². The van der Waals surface area contributed by atoms with E-state index >= 15 is 0 Å². The van der Waals surface area contributed by atoms with Gasteiger partial charge in [0, 0.05) is 5.56 Å². The predicted octanol–water partition coefficient (Wildman–Crippen LogP) is 1.42. The molecule has 1 fully saturated rings. The highest BCUT2D eigenvalue weighted by atomic mass is 16.4. The molecule has 1 aromatic carbocycles. The van der Waals surface area contributed by atoms with E-state index in [0.717, 1.165) is 6.42 Å². The summed E-state index contributed by atoms with van der Waals surface area (Å²) in [6.45, 7) is 0.885. The molecule has 1 aliphatic heterocycles. The Balaban J connectivity index is 2.02. The standard InChI is InChI=1S/C13H15NO3/c15-12(10-5-2-1-3-6-10)9-14-8-4-7-11(14)13(16)17/h1-3,5-6,11H,4,7-9H2,(H,16,17)/t11-/m0/s1. The average Bonchev–Trinajstić information content (AvgIpc) is 2.78. The molecule has 0 spiro atoms. The summed E-state index contributed by atoms with van der Waals surface area (Å²) < 4.78 is 0. The Labute approximate surface area is 99.9 Å². The van der Waals surface area contributed by atoms with Crippen molar-refractivity contribution in [1.29, 1.82) is 0 Å². The van der Waals surface area contributed by atoms with Crippen LogP contribution in [-0.4, -0.2) is 40.9 Å². The smallest absolute Gasteiger partial charge is 0.320 e. The minimum atomic E-state index is -0.830. The zero-order valence-electron chi connectivity index (χ0n) is 9.50. The zero-order valence-corrected chi connectivity index (χ0v) is 9.50. The summed E-state index contributed by atoms with van der Waals surface area (Å²) in [5.74, 6) is -0.845. The lowest BCUT2D eigenvalue weighted by Crippen LogP contribution is -2.39. The van der Waals surface area contributed by atoms with Gasteiger partial charge in [0.05, 0.1) is 6.54 Å². The number of ketones is 1. The van der Waals surface area contributed by atoms with Gasteiger partial charge < -0.3 is 5.11 Å².